The third kappa shape index (κ3) is 1.95. The van der Waals surface area contributed by atoms with Crippen molar-refractivity contribution in [3.05, 3.63) is 24.3 Å². The molecule has 0 saturated heterocycles. The summed E-state index contributed by atoms with van der Waals surface area (Å²) in [6, 6.07) is 8.09. The molecule has 2 rings (SSSR count). The fourth-order valence-corrected chi connectivity index (χ4v) is 2.96. The molecule has 1 aliphatic heterocycles. The molecule has 0 aliphatic carbocycles. The van der Waals surface area contributed by atoms with Crippen LogP contribution in [0, 0.1) is 0 Å². The number of hydrogen-bond acceptors (Lipinski definition) is 4. The van der Waals surface area contributed by atoms with Crippen LogP contribution in [0.25, 0.3) is 0 Å². The number of para-hydroxylation sites is 1. The number of methoxy groups -OCH3 is 1. The summed E-state index contributed by atoms with van der Waals surface area (Å²) in [4.78, 5) is 14.7. The minimum atomic E-state index is -0.152. The standard InChI is InChI=1S/C11H13NO2S/c1-12-7-10(11(13)14-2)15-9-6-4-3-5-8(9)12/h3-6,10H,7H2,1-2H3/t10-/m0/s1. The van der Waals surface area contributed by atoms with Gasteiger partial charge in [-0.15, -0.1) is 11.8 Å². The topological polar surface area (TPSA) is 29.5 Å². The van der Waals surface area contributed by atoms with Crippen LogP contribution in [-0.2, 0) is 9.53 Å². The van der Waals surface area contributed by atoms with E-state index >= 15 is 0 Å². The smallest absolute Gasteiger partial charge is 0.320 e. The summed E-state index contributed by atoms with van der Waals surface area (Å²) in [6.07, 6.45) is 0. The molecular formula is C11H13NO2S. The molecule has 0 saturated carbocycles. The van der Waals surface area contributed by atoms with E-state index in [-0.39, 0.29) is 11.2 Å². The number of nitrogens with zero attached hydrogens (tertiary/aromatic N) is 1. The molecule has 0 radical (unpaired) electrons. The van der Waals surface area contributed by atoms with Gasteiger partial charge in [-0.3, -0.25) is 4.79 Å². The first-order valence-corrected chi connectivity index (χ1v) is 5.65. The maximum absolute atomic E-state index is 11.5. The van der Waals surface area contributed by atoms with Gasteiger partial charge in [0.2, 0.25) is 0 Å². The molecule has 0 amide bonds. The summed E-state index contributed by atoms with van der Waals surface area (Å²) >= 11 is 1.58. The van der Waals surface area contributed by atoms with Gasteiger partial charge < -0.3 is 9.64 Å². The number of rotatable bonds is 1. The van der Waals surface area contributed by atoms with Crippen molar-refractivity contribution in [1.29, 1.82) is 0 Å². The van der Waals surface area contributed by atoms with Crippen molar-refractivity contribution < 1.29 is 9.53 Å². The Kier molecular flexibility index (Phi) is 2.86. The lowest BCUT2D eigenvalue weighted by molar-refractivity contribution is -0.139. The lowest BCUT2D eigenvalue weighted by atomic mass is 10.2. The summed E-state index contributed by atoms with van der Waals surface area (Å²) in [5.74, 6) is -0.152. The van der Waals surface area contributed by atoms with E-state index in [1.54, 1.807) is 11.8 Å². The first-order valence-electron chi connectivity index (χ1n) is 4.77. The molecule has 0 aromatic heterocycles. The molecule has 1 heterocycles. The Hall–Kier alpha value is -1.16. The summed E-state index contributed by atoms with van der Waals surface area (Å²) < 4.78 is 4.77. The average Bonchev–Trinajstić information content (AvgIpc) is 2.28. The van der Waals surface area contributed by atoms with Gasteiger partial charge in [-0.1, -0.05) is 12.1 Å². The number of anilines is 1. The monoisotopic (exact) mass is 223 g/mol. The molecule has 1 aromatic rings. The normalized spacial score (nSPS) is 19.6. The molecule has 0 spiro atoms. The van der Waals surface area contributed by atoms with Gasteiger partial charge in [0.25, 0.3) is 0 Å². The molecule has 1 atom stereocenters. The quantitative estimate of drug-likeness (QED) is 0.679. The van der Waals surface area contributed by atoms with Crippen LogP contribution in [-0.4, -0.2) is 31.9 Å². The molecule has 4 heteroatoms. The van der Waals surface area contributed by atoms with E-state index in [1.807, 2.05) is 25.2 Å². The highest BCUT2D eigenvalue weighted by Crippen LogP contribution is 2.37. The maximum atomic E-state index is 11.5. The lowest BCUT2D eigenvalue weighted by Gasteiger charge is -2.31. The largest absolute Gasteiger partial charge is 0.468 e. The molecule has 0 N–H and O–H groups in total. The fourth-order valence-electron chi connectivity index (χ4n) is 1.66. The minimum Gasteiger partial charge on any atom is -0.468 e. The Morgan fingerprint density at radius 1 is 1.53 bits per heavy atom. The molecule has 15 heavy (non-hydrogen) atoms. The first kappa shape index (κ1) is 10.4. The van der Waals surface area contributed by atoms with E-state index in [0.717, 1.165) is 4.90 Å². The molecule has 0 fully saturated rings. The van der Waals surface area contributed by atoms with Crippen LogP contribution < -0.4 is 4.90 Å². The van der Waals surface area contributed by atoms with Crippen LogP contribution in [0.1, 0.15) is 0 Å². The SMILES string of the molecule is COC(=O)[C@@H]1CN(C)c2ccccc2S1. The van der Waals surface area contributed by atoms with E-state index in [4.69, 9.17) is 4.74 Å². The predicted octanol–water partition coefficient (Wildman–Crippen LogP) is 1.77. The average molecular weight is 223 g/mol. The zero-order valence-electron chi connectivity index (χ0n) is 8.77. The van der Waals surface area contributed by atoms with E-state index < -0.39 is 0 Å². The number of fused-ring (bicyclic) bond motifs is 1. The summed E-state index contributed by atoms with van der Waals surface area (Å²) in [5, 5.41) is -0.116. The van der Waals surface area contributed by atoms with Gasteiger partial charge in [-0.2, -0.15) is 0 Å². The van der Waals surface area contributed by atoms with Gasteiger partial charge in [0.1, 0.15) is 5.25 Å². The summed E-state index contributed by atoms with van der Waals surface area (Å²) in [6.45, 7) is 0.703. The number of esters is 1. The molecular weight excluding hydrogens is 210 g/mol. The van der Waals surface area contributed by atoms with Crippen LogP contribution in [0.2, 0.25) is 0 Å². The minimum absolute atomic E-state index is 0.116. The number of thioether (sulfide) groups is 1. The Bertz CT molecular complexity index is 381. The van der Waals surface area contributed by atoms with Crippen molar-refractivity contribution >= 4 is 23.4 Å². The number of benzene rings is 1. The third-order valence-electron chi connectivity index (χ3n) is 2.45. The van der Waals surface area contributed by atoms with Gasteiger partial charge in [-0.05, 0) is 12.1 Å². The van der Waals surface area contributed by atoms with Crippen molar-refractivity contribution in [2.75, 3.05) is 25.6 Å². The zero-order chi connectivity index (χ0) is 10.8. The van der Waals surface area contributed by atoms with Gasteiger partial charge >= 0.3 is 5.97 Å². The van der Waals surface area contributed by atoms with E-state index in [2.05, 4.69) is 11.0 Å². The second kappa shape index (κ2) is 4.14. The van der Waals surface area contributed by atoms with Crippen molar-refractivity contribution in [1.82, 2.24) is 0 Å². The van der Waals surface area contributed by atoms with Gasteiger partial charge in [0.15, 0.2) is 0 Å². The Morgan fingerprint density at radius 3 is 3.00 bits per heavy atom. The predicted molar refractivity (Wildman–Crippen MR) is 61.4 cm³/mol. The number of carbonyl (C=O) groups is 1. The second-order valence-corrected chi connectivity index (χ2v) is 4.72. The summed E-state index contributed by atoms with van der Waals surface area (Å²) in [5.41, 5.74) is 1.18. The summed E-state index contributed by atoms with van der Waals surface area (Å²) in [7, 11) is 3.43. The lowest BCUT2D eigenvalue weighted by Crippen LogP contribution is -2.36. The molecule has 1 aromatic carbocycles. The highest BCUT2D eigenvalue weighted by atomic mass is 32.2. The molecule has 80 valence electrons. The van der Waals surface area contributed by atoms with Gasteiger partial charge in [-0.25, -0.2) is 0 Å². The molecule has 3 nitrogen and oxygen atoms in total. The zero-order valence-corrected chi connectivity index (χ0v) is 9.58. The van der Waals surface area contributed by atoms with Crippen molar-refractivity contribution in [2.24, 2.45) is 0 Å². The van der Waals surface area contributed by atoms with Crippen LogP contribution in [0.5, 0.6) is 0 Å². The second-order valence-electron chi connectivity index (χ2n) is 3.48. The molecule has 0 unspecified atom stereocenters. The number of carbonyl (C=O) groups excluding carboxylic acids is 1. The van der Waals surface area contributed by atoms with Crippen molar-refractivity contribution in [3.63, 3.8) is 0 Å². The Labute approximate surface area is 93.4 Å². The first-order chi connectivity index (χ1) is 7.22. The van der Waals surface area contributed by atoms with Crippen molar-refractivity contribution in [3.8, 4) is 0 Å². The number of hydrogen-bond donors (Lipinski definition) is 0. The van der Waals surface area contributed by atoms with Crippen LogP contribution in [0.3, 0.4) is 0 Å². The highest BCUT2D eigenvalue weighted by molar-refractivity contribution is 8.00. The number of ether oxygens (including phenoxy) is 1. The van der Waals surface area contributed by atoms with E-state index in [1.165, 1.54) is 12.8 Å². The Balaban J connectivity index is 2.26. The van der Waals surface area contributed by atoms with Crippen LogP contribution >= 0.6 is 11.8 Å². The van der Waals surface area contributed by atoms with E-state index in [0.29, 0.717) is 6.54 Å². The highest BCUT2D eigenvalue weighted by Gasteiger charge is 2.28. The third-order valence-corrected chi connectivity index (χ3v) is 3.67. The van der Waals surface area contributed by atoms with E-state index in [9.17, 15) is 4.79 Å². The fraction of sp³-hybridized carbons (Fsp3) is 0.364. The maximum Gasteiger partial charge on any atom is 0.320 e. The van der Waals surface area contributed by atoms with Crippen LogP contribution in [0.15, 0.2) is 29.2 Å². The molecule has 0 bridgehead atoms. The molecule has 1 aliphatic rings. The Morgan fingerprint density at radius 2 is 2.27 bits per heavy atom. The van der Waals surface area contributed by atoms with Crippen LogP contribution in [0.4, 0.5) is 5.69 Å². The van der Waals surface area contributed by atoms with Gasteiger partial charge in [0.05, 0.1) is 12.8 Å². The van der Waals surface area contributed by atoms with Gasteiger partial charge in [0, 0.05) is 18.5 Å². The van der Waals surface area contributed by atoms with Crippen molar-refractivity contribution in [2.45, 2.75) is 10.1 Å².